The largest absolute Gasteiger partial charge is 0.484 e. The van der Waals surface area contributed by atoms with Crippen LogP contribution in [0.4, 0.5) is 5.69 Å². The number of carbonyl (C=O) groups is 1. The molecule has 0 saturated carbocycles. The van der Waals surface area contributed by atoms with Gasteiger partial charge in [0.15, 0.2) is 6.61 Å². The van der Waals surface area contributed by atoms with E-state index in [1.54, 1.807) is 0 Å². The molecular formula is C17H17BrClNO2. The first kappa shape index (κ1) is 16.8. The third kappa shape index (κ3) is 4.24. The zero-order chi connectivity index (χ0) is 16.3. The zero-order valence-corrected chi connectivity index (χ0v) is 15.0. The van der Waals surface area contributed by atoms with Gasteiger partial charge in [-0.05, 0) is 67.8 Å². The van der Waals surface area contributed by atoms with Crippen LogP contribution in [0, 0.1) is 20.8 Å². The van der Waals surface area contributed by atoms with E-state index < -0.39 is 0 Å². The molecule has 2 aromatic rings. The molecule has 5 heteroatoms. The lowest BCUT2D eigenvalue weighted by molar-refractivity contribution is -0.118. The average Bonchev–Trinajstić information content (AvgIpc) is 2.46. The van der Waals surface area contributed by atoms with Gasteiger partial charge < -0.3 is 10.1 Å². The number of hydrogen-bond acceptors (Lipinski definition) is 2. The van der Waals surface area contributed by atoms with Crippen LogP contribution < -0.4 is 10.1 Å². The Hall–Kier alpha value is -1.52. The maximum atomic E-state index is 11.9. The topological polar surface area (TPSA) is 38.3 Å². The summed E-state index contributed by atoms with van der Waals surface area (Å²) in [7, 11) is 0. The first-order chi connectivity index (χ1) is 10.4. The van der Waals surface area contributed by atoms with Gasteiger partial charge in [-0.2, -0.15) is 0 Å². The fourth-order valence-electron chi connectivity index (χ4n) is 2.06. The van der Waals surface area contributed by atoms with Crippen LogP contribution in [-0.2, 0) is 4.79 Å². The van der Waals surface area contributed by atoms with Crippen LogP contribution >= 0.6 is 27.5 Å². The van der Waals surface area contributed by atoms with Crippen LogP contribution in [-0.4, -0.2) is 12.5 Å². The van der Waals surface area contributed by atoms with Crippen LogP contribution in [0.3, 0.4) is 0 Å². The Morgan fingerprint density at radius 1 is 1.14 bits per heavy atom. The van der Waals surface area contributed by atoms with Crippen molar-refractivity contribution in [1.82, 2.24) is 0 Å². The number of halogens is 2. The van der Waals surface area contributed by atoms with E-state index in [2.05, 4.69) is 21.2 Å². The number of hydrogen-bond donors (Lipinski definition) is 1. The lowest BCUT2D eigenvalue weighted by atomic mass is 10.1. The smallest absolute Gasteiger partial charge is 0.262 e. The highest BCUT2D eigenvalue weighted by atomic mass is 79.9. The van der Waals surface area contributed by atoms with Gasteiger partial charge in [0.05, 0.1) is 0 Å². The van der Waals surface area contributed by atoms with Crippen LogP contribution in [0.1, 0.15) is 16.7 Å². The molecule has 22 heavy (non-hydrogen) atoms. The van der Waals surface area contributed by atoms with Crippen molar-refractivity contribution >= 4 is 39.1 Å². The summed E-state index contributed by atoms with van der Waals surface area (Å²) in [6, 6.07) is 9.29. The summed E-state index contributed by atoms with van der Waals surface area (Å²) in [6.07, 6.45) is 0. The summed E-state index contributed by atoms with van der Waals surface area (Å²) >= 11 is 9.54. The fourth-order valence-corrected chi connectivity index (χ4v) is 2.41. The van der Waals surface area contributed by atoms with Crippen LogP contribution in [0.25, 0.3) is 0 Å². The number of ether oxygens (including phenoxy) is 1. The van der Waals surface area contributed by atoms with Crippen LogP contribution in [0.15, 0.2) is 34.8 Å². The van der Waals surface area contributed by atoms with Gasteiger partial charge in [0.25, 0.3) is 5.91 Å². The summed E-state index contributed by atoms with van der Waals surface area (Å²) < 4.78 is 6.54. The van der Waals surface area contributed by atoms with E-state index >= 15 is 0 Å². The lowest BCUT2D eigenvalue weighted by Crippen LogP contribution is -2.20. The normalized spacial score (nSPS) is 10.4. The van der Waals surface area contributed by atoms with Crippen molar-refractivity contribution in [3.63, 3.8) is 0 Å². The van der Waals surface area contributed by atoms with E-state index in [0.29, 0.717) is 5.75 Å². The molecule has 3 nitrogen and oxygen atoms in total. The zero-order valence-electron chi connectivity index (χ0n) is 12.7. The molecule has 0 saturated heterocycles. The molecule has 0 aromatic heterocycles. The second-order valence-electron chi connectivity index (χ2n) is 5.17. The van der Waals surface area contributed by atoms with Crippen molar-refractivity contribution in [2.45, 2.75) is 20.8 Å². The summed E-state index contributed by atoms with van der Waals surface area (Å²) in [5.74, 6) is 0.438. The molecule has 0 bridgehead atoms. The van der Waals surface area contributed by atoms with Gasteiger partial charge in [0, 0.05) is 15.2 Å². The minimum atomic E-state index is -0.202. The van der Waals surface area contributed by atoms with Crippen molar-refractivity contribution in [1.29, 1.82) is 0 Å². The second-order valence-corrected chi connectivity index (χ2v) is 6.40. The highest BCUT2D eigenvalue weighted by molar-refractivity contribution is 9.10. The number of nitrogens with one attached hydrogen (secondary N) is 1. The molecule has 0 aliphatic heterocycles. The molecule has 0 aliphatic carbocycles. The number of benzene rings is 2. The van der Waals surface area contributed by atoms with E-state index in [0.717, 1.165) is 31.9 Å². The number of anilines is 1. The first-order valence-corrected chi connectivity index (χ1v) is 7.99. The minimum absolute atomic E-state index is 0.0460. The van der Waals surface area contributed by atoms with Crippen LogP contribution in [0.2, 0.25) is 5.02 Å². The number of rotatable bonds is 4. The van der Waals surface area contributed by atoms with Gasteiger partial charge in [0.1, 0.15) is 5.75 Å². The number of carbonyl (C=O) groups excluding carboxylic acids is 1. The van der Waals surface area contributed by atoms with Crippen molar-refractivity contribution in [3.8, 4) is 5.75 Å². The van der Waals surface area contributed by atoms with Crippen LogP contribution in [0.5, 0.6) is 5.75 Å². The quantitative estimate of drug-likeness (QED) is 0.804. The van der Waals surface area contributed by atoms with E-state index in [1.807, 2.05) is 51.1 Å². The van der Waals surface area contributed by atoms with Gasteiger partial charge in [-0.25, -0.2) is 0 Å². The van der Waals surface area contributed by atoms with Gasteiger partial charge in [-0.3, -0.25) is 4.79 Å². The standard InChI is InChI=1S/C17H17BrClNO2/c1-10-6-13(4-5-15(10)18)20-16(21)9-22-14-7-11(2)17(19)12(3)8-14/h4-8H,9H2,1-3H3,(H,20,21). The molecule has 1 N–H and O–H groups in total. The third-order valence-electron chi connectivity index (χ3n) is 3.22. The summed E-state index contributed by atoms with van der Waals surface area (Å²) in [5, 5.41) is 3.53. The van der Waals surface area contributed by atoms with E-state index in [1.165, 1.54) is 0 Å². The maximum Gasteiger partial charge on any atom is 0.262 e. The second kappa shape index (κ2) is 7.16. The molecule has 0 heterocycles. The maximum absolute atomic E-state index is 11.9. The molecule has 0 unspecified atom stereocenters. The van der Waals surface area contributed by atoms with Crippen molar-refractivity contribution < 1.29 is 9.53 Å². The van der Waals surface area contributed by atoms with Gasteiger partial charge >= 0.3 is 0 Å². The molecule has 0 radical (unpaired) electrons. The lowest BCUT2D eigenvalue weighted by Gasteiger charge is -2.11. The molecule has 0 aliphatic rings. The number of amides is 1. The predicted molar refractivity (Wildman–Crippen MR) is 93.9 cm³/mol. The monoisotopic (exact) mass is 381 g/mol. The Kier molecular flexibility index (Phi) is 5.48. The Labute approximate surface area is 143 Å². The van der Waals surface area contributed by atoms with Gasteiger partial charge in [0.2, 0.25) is 0 Å². The summed E-state index contributed by atoms with van der Waals surface area (Å²) in [4.78, 5) is 11.9. The molecule has 0 spiro atoms. The molecule has 2 aromatic carbocycles. The van der Waals surface area contributed by atoms with E-state index in [9.17, 15) is 4.79 Å². The van der Waals surface area contributed by atoms with Gasteiger partial charge in [-0.1, -0.05) is 27.5 Å². The SMILES string of the molecule is Cc1cc(NC(=O)COc2cc(C)c(Cl)c(C)c2)ccc1Br. The van der Waals surface area contributed by atoms with Crippen molar-refractivity contribution in [2.24, 2.45) is 0 Å². The van der Waals surface area contributed by atoms with Gasteiger partial charge in [-0.15, -0.1) is 0 Å². The molecular weight excluding hydrogens is 366 g/mol. The Morgan fingerprint density at radius 2 is 1.77 bits per heavy atom. The van der Waals surface area contributed by atoms with Crippen molar-refractivity contribution in [3.05, 3.63) is 56.5 Å². The third-order valence-corrected chi connectivity index (χ3v) is 4.71. The Bertz CT molecular complexity index is 693. The summed E-state index contributed by atoms with van der Waals surface area (Å²) in [6.45, 7) is 5.74. The molecule has 1 amide bonds. The summed E-state index contributed by atoms with van der Waals surface area (Å²) in [5.41, 5.74) is 3.67. The molecule has 2 rings (SSSR count). The highest BCUT2D eigenvalue weighted by Gasteiger charge is 2.07. The van der Waals surface area contributed by atoms with E-state index in [4.69, 9.17) is 16.3 Å². The Morgan fingerprint density at radius 3 is 2.36 bits per heavy atom. The molecule has 0 fully saturated rings. The highest BCUT2D eigenvalue weighted by Crippen LogP contribution is 2.26. The predicted octanol–water partition coefficient (Wildman–Crippen LogP) is 5.05. The van der Waals surface area contributed by atoms with E-state index in [-0.39, 0.29) is 12.5 Å². The molecule has 116 valence electrons. The average molecular weight is 383 g/mol. The fraction of sp³-hybridized carbons (Fsp3) is 0.235. The number of aryl methyl sites for hydroxylation is 3. The Balaban J connectivity index is 1.96. The molecule has 0 atom stereocenters. The van der Waals surface area contributed by atoms with Crippen molar-refractivity contribution in [2.75, 3.05) is 11.9 Å². The minimum Gasteiger partial charge on any atom is -0.484 e. The first-order valence-electron chi connectivity index (χ1n) is 6.82.